The molecule has 0 spiro atoms. The van der Waals surface area contributed by atoms with E-state index in [1.165, 1.54) is 7.11 Å². The van der Waals surface area contributed by atoms with Crippen molar-refractivity contribution >= 4 is 46.2 Å². The number of nitrogen functional groups attached to an aromatic ring is 1. The summed E-state index contributed by atoms with van der Waals surface area (Å²) in [5.41, 5.74) is 8.74. The second-order valence-electron chi connectivity index (χ2n) is 4.50. The topological polar surface area (TPSA) is 64.3 Å². The number of anilines is 3. The average Bonchev–Trinajstić information content (AvgIpc) is 2.44. The van der Waals surface area contributed by atoms with Gasteiger partial charge in [-0.1, -0.05) is 23.2 Å². The van der Waals surface area contributed by atoms with Crippen molar-refractivity contribution in [2.75, 3.05) is 18.2 Å². The number of esters is 1. The molecule has 21 heavy (non-hydrogen) atoms. The van der Waals surface area contributed by atoms with Crippen LogP contribution in [0.1, 0.15) is 15.9 Å². The summed E-state index contributed by atoms with van der Waals surface area (Å²) in [5, 5.41) is 4.17. The van der Waals surface area contributed by atoms with Crippen molar-refractivity contribution in [2.45, 2.75) is 6.92 Å². The molecule has 0 fully saturated rings. The minimum Gasteiger partial charge on any atom is -0.465 e. The summed E-state index contributed by atoms with van der Waals surface area (Å²) in [6, 6.07) is 8.57. The van der Waals surface area contributed by atoms with Gasteiger partial charge in [-0.25, -0.2) is 4.79 Å². The van der Waals surface area contributed by atoms with E-state index in [1.54, 1.807) is 24.3 Å². The second-order valence-corrected chi connectivity index (χ2v) is 5.34. The van der Waals surface area contributed by atoms with Gasteiger partial charge in [0.15, 0.2) is 0 Å². The van der Waals surface area contributed by atoms with E-state index in [2.05, 4.69) is 5.32 Å². The van der Waals surface area contributed by atoms with Crippen molar-refractivity contribution in [2.24, 2.45) is 0 Å². The quantitative estimate of drug-likeness (QED) is 0.648. The predicted molar refractivity (Wildman–Crippen MR) is 86.7 cm³/mol. The third-order valence-corrected chi connectivity index (χ3v) is 3.55. The van der Waals surface area contributed by atoms with Crippen molar-refractivity contribution in [1.82, 2.24) is 0 Å². The smallest absolute Gasteiger partial charge is 0.340 e. The first kappa shape index (κ1) is 15.5. The molecule has 2 aromatic carbocycles. The Morgan fingerprint density at radius 1 is 1.24 bits per heavy atom. The highest BCUT2D eigenvalue weighted by Gasteiger charge is 2.14. The number of methoxy groups -OCH3 is 1. The number of hydrogen-bond donors (Lipinski definition) is 2. The molecule has 0 aliphatic rings. The lowest BCUT2D eigenvalue weighted by Gasteiger charge is -2.13. The van der Waals surface area contributed by atoms with Crippen molar-refractivity contribution in [3.8, 4) is 0 Å². The monoisotopic (exact) mass is 324 g/mol. The molecule has 0 aliphatic carbocycles. The molecule has 2 rings (SSSR count). The zero-order valence-electron chi connectivity index (χ0n) is 11.5. The lowest BCUT2D eigenvalue weighted by atomic mass is 10.1. The highest BCUT2D eigenvalue weighted by atomic mass is 35.5. The molecule has 0 saturated carbocycles. The molecule has 0 saturated heterocycles. The van der Waals surface area contributed by atoms with Gasteiger partial charge in [-0.2, -0.15) is 0 Å². The van der Waals surface area contributed by atoms with Crippen LogP contribution in [0.4, 0.5) is 17.1 Å². The SMILES string of the molecule is COC(=O)c1cc(Nc2ccc(Cl)cc2Cl)cc(C)c1N. The van der Waals surface area contributed by atoms with E-state index in [-0.39, 0.29) is 0 Å². The Balaban J connectivity index is 2.40. The van der Waals surface area contributed by atoms with Crippen LogP contribution in [0.15, 0.2) is 30.3 Å². The molecular formula is C15H14Cl2N2O2. The highest BCUT2D eigenvalue weighted by molar-refractivity contribution is 6.36. The maximum absolute atomic E-state index is 11.7. The fraction of sp³-hybridized carbons (Fsp3) is 0.133. The number of ether oxygens (including phenoxy) is 1. The van der Waals surface area contributed by atoms with Crippen LogP contribution in [0.5, 0.6) is 0 Å². The molecule has 3 N–H and O–H groups in total. The minimum atomic E-state index is -0.485. The first-order valence-electron chi connectivity index (χ1n) is 6.13. The highest BCUT2D eigenvalue weighted by Crippen LogP contribution is 2.30. The van der Waals surface area contributed by atoms with Gasteiger partial charge in [0, 0.05) is 16.4 Å². The third-order valence-electron chi connectivity index (χ3n) is 3.00. The van der Waals surface area contributed by atoms with Crippen molar-refractivity contribution in [3.63, 3.8) is 0 Å². The molecule has 0 unspecified atom stereocenters. The van der Waals surface area contributed by atoms with E-state index in [9.17, 15) is 4.79 Å². The molecule has 0 bridgehead atoms. The van der Waals surface area contributed by atoms with Gasteiger partial charge in [-0.3, -0.25) is 0 Å². The zero-order chi connectivity index (χ0) is 15.6. The van der Waals surface area contributed by atoms with Gasteiger partial charge in [0.1, 0.15) is 0 Å². The largest absolute Gasteiger partial charge is 0.465 e. The van der Waals surface area contributed by atoms with Gasteiger partial charge in [0.2, 0.25) is 0 Å². The molecule has 0 radical (unpaired) electrons. The van der Waals surface area contributed by atoms with Gasteiger partial charge in [0.05, 0.1) is 23.4 Å². The average molecular weight is 325 g/mol. The van der Waals surface area contributed by atoms with Crippen LogP contribution >= 0.6 is 23.2 Å². The van der Waals surface area contributed by atoms with Crippen LogP contribution in [0.25, 0.3) is 0 Å². The van der Waals surface area contributed by atoms with Crippen molar-refractivity contribution in [3.05, 3.63) is 51.5 Å². The number of nitrogens with one attached hydrogen (secondary N) is 1. The fourth-order valence-electron chi connectivity index (χ4n) is 1.90. The number of benzene rings is 2. The summed E-state index contributed by atoms with van der Waals surface area (Å²) in [6.45, 7) is 1.82. The summed E-state index contributed by atoms with van der Waals surface area (Å²) in [7, 11) is 1.31. The molecule has 4 nitrogen and oxygen atoms in total. The number of halogens is 2. The number of carbonyl (C=O) groups excluding carboxylic acids is 1. The van der Waals surface area contributed by atoms with Crippen LogP contribution in [0, 0.1) is 6.92 Å². The Labute approximate surface area is 132 Å². The Morgan fingerprint density at radius 2 is 1.95 bits per heavy atom. The van der Waals surface area contributed by atoms with E-state index in [0.717, 1.165) is 5.56 Å². The minimum absolute atomic E-state index is 0.310. The molecule has 0 aromatic heterocycles. The third kappa shape index (κ3) is 3.40. The normalized spacial score (nSPS) is 10.3. The molecule has 0 amide bonds. The Morgan fingerprint density at radius 3 is 2.57 bits per heavy atom. The number of hydrogen-bond acceptors (Lipinski definition) is 4. The molecule has 2 aromatic rings. The summed E-state index contributed by atoms with van der Waals surface area (Å²) in [5.74, 6) is -0.485. The zero-order valence-corrected chi connectivity index (χ0v) is 13.0. The summed E-state index contributed by atoms with van der Waals surface area (Å²) in [4.78, 5) is 11.7. The van der Waals surface area contributed by atoms with Crippen LogP contribution in [-0.4, -0.2) is 13.1 Å². The fourth-order valence-corrected chi connectivity index (χ4v) is 2.35. The lowest BCUT2D eigenvalue weighted by Crippen LogP contribution is -2.08. The summed E-state index contributed by atoms with van der Waals surface area (Å²) in [6.07, 6.45) is 0. The standard InChI is InChI=1S/C15H14Cl2N2O2/c1-8-5-10(7-11(14(8)18)15(20)21-2)19-13-4-3-9(16)6-12(13)17/h3-7,19H,18H2,1-2H3. The molecule has 0 aliphatic heterocycles. The van der Waals surface area contributed by atoms with E-state index in [0.29, 0.717) is 32.7 Å². The molecule has 6 heteroatoms. The van der Waals surface area contributed by atoms with Gasteiger partial charge < -0.3 is 15.8 Å². The number of aryl methyl sites for hydroxylation is 1. The van der Waals surface area contributed by atoms with Crippen LogP contribution in [0.3, 0.4) is 0 Å². The molecule has 110 valence electrons. The van der Waals surface area contributed by atoms with Crippen LogP contribution < -0.4 is 11.1 Å². The molecule has 0 heterocycles. The summed E-state index contributed by atoms with van der Waals surface area (Å²) >= 11 is 12.0. The first-order chi connectivity index (χ1) is 9.92. The van der Waals surface area contributed by atoms with E-state index in [4.69, 9.17) is 33.7 Å². The van der Waals surface area contributed by atoms with Gasteiger partial charge in [-0.15, -0.1) is 0 Å². The van der Waals surface area contributed by atoms with E-state index < -0.39 is 5.97 Å². The summed E-state index contributed by atoms with van der Waals surface area (Å²) < 4.78 is 4.73. The van der Waals surface area contributed by atoms with Gasteiger partial charge >= 0.3 is 5.97 Å². The van der Waals surface area contributed by atoms with E-state index in [1.807, 2.05) is 13.0 Å². The van der Waals surface area contributed by atoms with Crippen molar-refractivity contribution in [1.29, 1.82) is 0 Å². The molecular weight excluding hydrogens is 311 g/mol. The van der Waals surface area contributed by atoms with Crippen LogP contribution in [0.2, 0.25) is 10.0 Å². The van der Waals surface area contributed by atoms with Gasteiger partial charge in [-0.05, 0) is 42.8 Å². The Kier molecular flexibility index (Phi) is 4.60. The number of carbonyl (C=O) groups is 1. The second kappa shape index (κ2) is 6.24. The maximum atomic E-state index is 11.7. The number of nitrogens with two attached hydrogens (primary N) is 1. The van der Waals surface area contributed by atoms with E-state index >= 15 is 0 Å². The molecule has 0 atom stereocenters. The lowest BCUT2D eigenvalue weighted by molar-refractivity contribution is 0.0602. The first-order valence-corrected chi connectivity index (χ1v) is 6.88. The van der Waals surface area contributed by atoms with Crippen LogP contribution in [-0.2, 0) is 4.74 Å². The number of rotatable bonds is 3. The van der Waals surface area contributed by atoms with Gasteiger partial charge in [0.25, 0.3) is 0 Å². The maximum Gasteiger partial charge on any atom is 0.340 e. The Bertz CT molecular complexity index is 702. The Hall–Kier alpha value is -1.91. The predicted octanol–water partition coefficient (Wildman–Crippen LogP) is 4.41. The van der Waals surface area contributed by atoms with Crippen molar-refractivity contribution < 1.29 is 9.53 Å².